The molecule has 0 aliphatic heterocycles. The summed E-state index contributed by atoms with van der Waals surface area (Å²) < 4.78 is 39.8. The minimum absolute atomic E-state index is 0.0339. The van der Waals surface area contributed by atoms with Crippen molar-refractivity contribution in [2.24, 2.45) is 0 Å². The van der Waals surface area contributed by atoms with E-state index in [1.165, 1.54) is 6.07 Å². The molecule has 0 saturated carbocycles. The predicted octanol–water partition coefficient (Wildman–Crippen LogP) is 7.27. The number of ether oxygens (including phenoxy) is 2. The van der Waals surface area contributed by atoms with E-state index in [0.717, 1.165) is 36.1 Å². The van der Waals surface area contributed by atoms with Crippen LogP contribution in [-0.2, 0) is 0 Å². The molecule has 3 rings (SSSR count). The molecule has 0 bridgehead atoms. The van der Waals surface area contributed by atoms with Crippen molar-refractivity contribution in [3.8, 4) is 33.8 Å². The molecule has 0 aromatic heterocycles. The second kappa shape index (κ2) is 10.1. The van der Waals surface area contributed by atoms with Crippen LogP contribution in [0.2, 0.25) is 0 Å². The van der Waals surface area contributed by atoms with Gasteiger partial charge in [0.2, 0.25) is 5.82 Å². The number of halogens is 2. The van der Waals surface area contributed by atoms with Gasteiger partial charge in [0.1, 0.15) is 5.75 Å². The molecule has 2 nitrogen and oxygen atoms in total. The van der Waals surface area contributed by atoms with E-state index in [0.29, 0.717) is 18.8 Å². The zero-order valence-corrected chi connectivity index (χ0v) is 16.9. The molecule has 4 heteroatoms. The summed E-state index contributed by atoms with van der Waals surface area (Å²) in [6.07, 6.45) is 2.88. The van der Waals surface area contributed by atoms with Gasteiger partial charge in [-0.05, 0) is 54.3 Å². The van der Waals surface area contributed by atoms with Gasteiger partial charge in [0.25, 0.3) is 0 Å². The van der Waals surface area contributed by atoms with Crippen molar-refractivity contribution in [3.63, 3.8) is 0 Å². The Kier molecular flexibility index (Phi) is 7.23. The van der Waals surface area contributed by atoms with Crippen LogP contribution in [0.5, 0.6) is 11.5 Å². The average molecular weight is 396 g/mol. The molecule has 0 amide bonds. The van der Waals surface area contributed by atoms with Crippen molar-refractivity contribution >= 4 is 0 Å². The van der Waals surface area contributed by atoms with Crippen LogP contribution < -0.4 is 9.47 Å². The normalized spacial score (nSPS) is 10.8. The van der Waals surface area contributed by atoms with Crippen molar-refractivity contribution in [2.45, 2.75) is 33.1 Å². The summed E-state index contributed by atoms with van der Waals surface area (Å²) in [5, 5.41) is 0. The fourth-order valence-electron chi connectivity index (χ4n) is 3.15. The van der Waals surface area contributed by atoms with Crippen LogP contribution >= 0.6 is 0 Å². The van der Waals surface area contributed by atoms with E-state index < -0.39 is 11.6 Å². The van der Waals surface area contributed by atoms with Crippen LogP contribution in [0.4, 0.5) is 8.78 Å². The lowest BCUT2D eigenvalue weighted by Crippen LogP contribution is -2.01. The van der Waals surface area contributed by atoms with Crippen LogP contribution in [0.15, 0.2) is 60.7 Å². The number of hydrogen-bond acceptors (Lipinski definition) is 2. The van der Waals surface area contributed by atoms with Gasteiger partial charge in [-0.3, -0.25) is 0 Å². The third kappa shape index (κ3) is 5.14. The average Bonchev–Trinajstić information content (AvgIpc) is 2.75. The summed E-state index contributed by atoms with van der Waals surface area (Å²) >= 11 is 0. The molecule has 3 aromatic rings. The smallest absolute Gasteiger partial charge is 0.201 e. The lowest BCUT2D eigenvalue weighted by atomic mass is 9.99. The molecule has 0 N–H and O–H groups in total. The maximum Gasteiger partial charge on any atom is 0.201 e. The largest absolute Gasteiger partial charge is 0.494 e. The third-order valence-corrected chi connectivity index (χ3v) is 4.75. The highest BCUT2D eigenvalue weighted by atomic mass is 19.2. The van der Waals surface area contributed by atoms with Gasteiger partial charge in [0.15, 0.2) is 11.6 Å². The van der Waals surface area contributed by atoms with Gasteiger partial charge >= 0.3 is 0 Å². The van der Waals surface area contributed by atoms with E-state index in [4.69, 9.17) is 9.47 Å². The van der Waals surface area contributed by atoms with Crippen molar-refractivity contribution < 1.29 is 18.3 Å². The third-order valence-electron chi connectivity index (χ3n) is 4.75. The summed E-state index contributed by atoms with van der Waals surface area (Å²) in [6.45, 7) is 5.04. The topological polar surface area (TPSA) is 18.5 Å². The highest BCUT2D eigenvalue weighted by Gasteiger charge is 2.16. The summed E-state index contributed by atoms with van der Waals surface area (Å²) in [5.74, 6) is -1.03. The first-order chi connectivity index (χ1) is 14.1. The second-order valence-corrected chi connectivity index (χ2v) is 6.83. The summed E-state index contributed by atoms with van der Waals surface area (Å²) in [7, 11) is 0. The van der Waals surface area contributed by atoms with Gasteiger partial charge in [0.05, 0.1) is 13.2 Å². The van der Waals surface area contributed by atoms with E-state index in [1.54, 1.807) is 18.2 Å². The molecule has 0 aliphatic rings. The maximum atomic E-state index is 14.6. The van der Waals surface area contributed by atoms with Gasteiger partial charge in [-0.2, -0.15) is 4.39 Å². The SMILES string of the molecule is CCCCCOc1ccc(-c2ccc(-c3ccc(OCC)cc3)cc2)c(F)c1F. The van der Waals surface area contributed by atoms with Crippen molar-refractivity contribution in [1.82, 2.24) is 0 Å². The molecule has 0 fully saturated rings. The molecular weight excluding hydrogens is 370 g/mol. The molecule has 0 heterocycles. The Hall–Kier alpha value is -2.88. The Morgan fingerprint density at radius 1 is 0.655 bits per heavy atom. The fourth-order valence-corrected chi connectivity index (χ4v) is 3.15. The highest BCUT2D eigenvalue weighted by Crippen LogP contribution is 2.31. The van der Waals surface area contributed by atoms with Gasteiger partial charge in [0, 0.05) is 5.56 Å². The zero-order valence-electron chi connectivity index (χ0n) is 16.9. The Labute approximate surface area is 171 Å². The first-order valence-electron chi connectivity index (χ1n) is 10.1. The van der Waals surface area contributed by atoms with Crippen molar-refractivity contribution in [2.75, 3.05) is 13.2 Å². The van der Waals surface area contributed by atoms with Crippen LogP contribution in [-0.4, -0.2) is 13.2 Å². The van der Waals surface area contributed by atoms with Crippen molar-refractivity contribution in [3.05, 3.63) is 72.3 Å². The molecule has 0 spiro atoms. The Morgan fingerprint density at radius 3 is 1.90 bits per heavy atom. The molecule has 0 radical (unpaired) electrons. The number of unbranched alkanes of at least 4 members (excludes halogenated alkanes) is 2. The quantitative estimate of drug-likeness (QED) is 0.354. The van der Waals surface area contributed by atoms with Crippen LogP contribution in [0, 0.1) is 11.6 Å². The van der Waals surface area contributed by atoms with Gasteiger partial charge in [-0.1, -0.05) is 56.2 Å². The number of benzene rings is 3. The molecular formula is C25H26F2O2. The monoisotopic (exact) mass is 396 g/mol. The molecule has 0 saturated heterocycles. The molecule has 0 unspecified atom stereocenters. The molecule has 0 atom stereocenters. The van der Waals surface area contributed by atoms with Crippen LogP contribution in [0.25, 0.3) is 22.3 Å². The Balaban J connectivity index is 1.76. The lowest BCUT2D eigenvalue weighted by molar-refractivity contribution is 0.286. The van der Waals surface area contributed by atoms with E-state index >= 15 is 0 Å². The molecule has 3 aromatic carbocycles. The van der Waals surface area contributed by atoms with Crippen LogP contribution in [0.1, 0.15) is 33.1 Å². The van der Waals surface area contributed by atoms with Gasteiger partial charge < -0.3 is 9.47 Å². The predicted molar refractivity (Wildman–Crippen MR) is 113 cm³/mol. The second-order valence-electron chi connectivity index (χ2n) is 6.83. The summed E-state index contributed by atoms with van der Waals surface area (Å²) in [4.78, 5) is 0. The number of rotatable bonds is 9. The minimum Gasteiger partial charge on any atom is -0.494 e. The number of hydrogen-bond donors (Lipinski definition) is 0. The standard InChI is InChI=1S/C25H26F2O2/c1-3-5-6-17-29-23-16-15-22(24(26)25(23)27)20-9-7-18(8-10-20)19-11-13-21(14-12-19)28-4-2/h7-16H,3-6,17H2,1-2H3. The fraction of sp³-hybridized carbons (Fsp3) is 0.280. The summed E-state index contributed by atoms with van der Waals surface area (Å²) in [6, 6.07) is 18.3. The van der Waals surface area contributed by atoms with E-state index in [1.807, 2.05) is 43.3 Å². The minimum atomic E-state index is -0.936. The van der Waals surface area contributed by atoms with Gasteiger partial charge in [-0.15, -0.1) is 0 Å². The molecule has 0 aliphatic carbocycles. The summed E-state index contributed by atoms with van der Waals surface area (Å²) in [5.41, 5.74) is 2.87. The molecule has 152 valence electrons. The maximum absolute atomic E-state index is 14.6. The van der Waals surface area contributed by atoms with E-state index in [2.05, 4.69) is 6.92 Å². The van der Waals surface area contributed by atoms with E-state index in [9.17, 15) is 8.78 Å². The Morgan fingerprint density at radius 2 is 1.28 bits per heavy atom. The van der Waals surface area contributed by atoms with Gasteiger partial charge in [-0.25, -0.2) is 4.39 Å². The molecule has 29 heavy (non-hydrogen) atoms. The lowest BCUT2D eigenvalue weighted by Gasteiger charge is -2.11. The highest BCUT2D eigenvalue weighted by molar-refractivity contribution is 5.71. The Bertz CT molecular complexity index is 919. The van der Waals surface area contributed by atoms with Crippen molar-refractivity contribution in [1.29, 1.82) is 0 Å². The van der Waals surface area contributed by atoms with E-state index in [-0.39, 0.29) is 11.3 Å². The zero-order chi connectivity index (χ0) is 20.6. The first kappa shape index (κ1) is 20.8. The van der Waals surface area contributed by atoms with Crippen LogP contribution in [0.3, 0.4) is 0 Å². The first-order valence-corrected chi connectivity index (χ1v) is 10.1.